The summed E-state index contributed by atoms with van der Waals surface area (Å²) in [7, 11) is 0. The largest absolute Gasteiger partial charge is 0.310 e. The van der Waals surface area contributed by atoms with Crippen LogP contribution in [0.15, 0.2) is 24.3 Å². The highest BCUT2D eigenvalue weighted by Gasteiger charge is 2.31. The summed E-state index contributed by atoms with van der Waals surface area (Å²) in [5.41, 5.74) is 1.81. The molecular weight excluding hydrogens is 218 g/mol. The lowest BCUT2D eigenvalue weighted by Crippen LogP contribution is -2.38. The highest BCUT2D eigenvalue weighted by atomic mass is 35.5. The number of halogens is 1. The second-order valence-electron chi connectivity index (χ2n) is 5.32. The Hall–Kier alpha value is -0.530. The van der Waals surface area contributed by atoms with Crippen LogP contribution in [0.1, 0.15) is 44.7 Å². The van der Waals surface area contributed by atoms with Gasteiger partial charge in [-0.05, 0) is 42.9 Å². The Balaban J connectivity index is 1.90. The lowest BCUT2D eigenvalue weighted by molar-refractivity contribution is 0.152. The van der Waals surface area contributed by atoms with Crippen molar-refractivity contribution in [1.29, 1.82) is 0 Å². The van der Waals surface area contributed by atoms with E-state index in [0.29, 0.717) is 11.5 Å². The number of hydrogen-bond acceptors (Lipinski definition) is 1. The lowest BCUT2D eigenvalue weighted by Gasteiger charge is -2.39. The van der Waals surface area contributed by atoms with Gasteiger partial charge in [-0.25, -0.2) is 0 Å². The minimum absolute atomic E-state index is 0.385. The molecule has 1 N–H and O–H groups in total. The molecule has 0 aromatic heterocycles. The van der Waals surface area contributed by atoms with Gasteiger partial charge in [-0.3, -0.25) is 0 Å². The third-order valence-corrected chi connectivity index (χ3v) is 3.98. The monoisotopic (exact) mass is 237 g/mol. The second-order valence-corrected chi connectivity index (χ2v) is 5.76. The van der Waals surface area contributed by atoms with Crippen molar-refractivity contribution in [2.24, 2.45) is 5.41 Å². The summed E-state index contributed by atoms with van der Waals surface area (Å²) in [4.78, 5) is 0. The summed E-state index contributed by atoms with van der Waals surface area (Å²) in [6.07, 6.45) is 4.12. The molecule has 1 unspecified atom stereocenters. The van der Waals surface area contributed by atoms with Gasteiger partial charge in [0.25, 0.3) is 0 Å². The number of benzene rings is 1. The molecule has 1 atom stereocenters. The van der Waals surface area contributed by atoms with Crippen LogP contribution in [-0.4, -0.2) is 6.54 Å². The standard InChI is InChI=1S/C14H20ClN/c1-11(12-5-3-6-13(15)9-12)16-10-14(2)7-4-8-14/h3,5-6,9,11,16H,4,7-8,10H2,1-2H3. The molecule has 0 heterocycles. The maximum atomic E-state index is 5.99. The number of hydrogen-bond donors (Lipinski definition) is 1. The minimum atomic E-state index is 0.385. The van der Waals surface area contributed by atoms with E-state index in [9.17, 15) is 0 Å². The van der Waals surface area contributed by atoms with E-state index in [4.69, 9.17) is 11.6 Å². The molecule has 88 valence electrons. The Morgan fingerprint density at radius 1 is 1.44 bits per heavy atom. The molecule has 0 amide bonds. The molecule has 1 nitrogen and oxygen atoms in total. The first kappa shape index (κ1) is 11.9. The van der Waals surface area contributed by atoms with Crippen LogP contribution >= 0.6 is 11.6 Å². The van der Waals surface area contributed by atoms with Crippen molar-refractivity contribution in [3.8, 4) is 0 Å². The molecule has 0 aliphatic heterocycles. The van der Waals surface area contributed by atoms with E-state index in [1.165, 1.54) is 24.8 Å². The third kappa shape index (κ3) is 2.78. The topological polar surface area (TPSA) is 12.0 Å². The van der Waals surface area contributed by atoms with Gasteiger partial charge in [0.05, 0.1) is 0 Å². The van der Waals surface area contributed by atoms with Crippen LogP contribution in [0.25, 0.3) is 0 Å². The Labute approximate surface area is 103 Å². The van der Waals surface area contributed by atoms with E-state index >= 15 is 0 Å². The Bertz CT molecular complexity index is 358. The fourth-order valence-corrected chi connectivity index (χ4v) is 2.45. The molecule has 2 heteroatoms. The van der Waals surface area contributed by atoms with Crippen LogP contribution in [0.3, 0.4) is 0 Å². The summed E-state index contributed by atoms with van der Waals surface area (Å²) >= 11 is 5.99. The molecule has 1 aromatic rings. The average molecular weight is 238 g/mol. The molecule has 2 rings (SSSR count). The van der Waals surface area contributed by atoms with Crippen molar-refractivity contribution in [3.63, 3.8) is 0 Å². The predicted octanol–water partition coefficient (Wildman–Crippen LogP) is 4.18. The quantitative estimate of drug-likeness (QED) is 0.829. The van der Waals surface area contributed by atoms with Gasteiger partial charge in [-0.2, -0.15) is 0 Å². The van der Waals surface area contributed by atoms with E-state index < -0.39 is 0 Å². The van der Waals surface area contributed by atoms with Gasteiger partial charge in [0.1, 0.15) is 0 Å². The third-order valence-electron chi connectivity index (χ3n) is 3.74. The summed E-state index contributed by atoms with van der Waals surface area (Å²) < 4.78 is 0. The highest BCUT2D eigenvalue weighted by Crippen LogP contribution is 2.39. The summed E-state index contributed by atoms with van der Waals surface area (Å²) in [5.74, 6) is 0. The molecule has 16 heavy (non-hydrogen) atoms. The molecule has 1 aliphatic rings. The molecule has 1 aliphatic carbocycles. The van der Waals surface area contributed by atoms with Gasteiger partial charge in [0.15, 0.2) is 0 Å². The molecular formula is C14H20ClN. The van der Waals surface area contributed by atoms with E-state index in [0.717, 1.165) is 11.6 Å². The van der Waals surface area contributed by atoms with Crippen molar-refractivity contribution >= 4 is 11.6 Å². The zero-order valence-electron chi connectivity index (χ0n) is 10.1. The number of rotatable bonds is 4. The van der Waals surface area contributed by atoms with Gasteiger partial charge in [-0.1, -0.05) is 37.1 Å². The van der Waals surface area contributed by atoms with E-state index in [1.54, 1.807) is 0 Å². The first-order chi connectivity index (χ1) is 7.59. The van der Waals surface area contributed by atoms with Gasteiger partial charge >= 0.3 is 0 Å². The molecule has 0 bridgehead atoms. The van der Waals surface area contributed by atoms with Crippen LogP contribution in [0.4, 0.5) is 0 Å². The Kier molecular flexibility index (Phi) is 3.56. The van der Waals surface area contributed by atoms with Crippen LogP contribution in [-0.2, 0) is 0 Å². The molecule has 1 saturated carbocycles. The normalized spacial score (nSPS) is 20.2. The van der Waals surface area contributed by atoms with Crippen molar-refractivity contribution in [2.45, 2.75) is 39.2 Å². The predicted molar refractivity (Wildman–Crippen MR) is 69.8 cm³/mol. The van der Waals surface area contributed by atoms with E-state index in [-0.39, 0.29) is 0 Å². The molecule has 0 spiro atoms. The summed E-state index contributed by atoms with van der Waals surface area (Å²) in [6.45, 7) is 5.68. The van der Waals surface area contributed by atoms with Gasteiger partial charge in [-0.15, -0.1) is 0 Å². The fraction of sp³-hybridized carbons (Fsp3) is 0.571. The van der Waals surface area contributed by atoms with Crippen molar-refractivity contribution in [2.75, 3.05) is 6.54 Å². The van der Waals surface area contributed by atoms with Crippen LogP contribution in [0.5, 0.6) is 0 Å². The average Bonchev–Trinajstić information content (AvgIpc) is 2.23. The van der Waals surface area contributed by atoms with Gasteiger partial charge in [0.2, 0.25) is 0 Å². The summed E-state index contributed by atoms with van der Waals surface area (Å²) in [6, 6.07) is 8.50. The SMILES string of the molecule is CC(NCC1(C)CCC1)c1cccc(Cl)c1. The maximum absolute atomic E-state index is 5.99. The molecule has 1 fully saturated rings. The van der Waals surface area contributed by atoms with E-state index in [1.807, 2.05) is 18.2 Å². The maximum Gasteiger partial charge on any atom is 0.0409 e. The highest BCUT2D eigenvalue weighted by molar-refractivity contribution is 6.30. The lowest BCUT2D eigenvalue weighted by atomic mass is 9.70. The van der Waals surface area contributed by atoms with Crippen LogP contribution in [0, 0.1) is 5.41 Å². The van der Waals surface area contributed by atoms with E-state index in [2.05, 4.69) is 25.2 Å². The molecule has 0 radical (unpaired) electrons. The fourth-order valence-electron chi connectivity index (χ4n) is 2.25. The Morgan fingerprint density at radius 2 is 2.19 bits per heavy atom. The number of nitrogens with one attached hydrogen (secondary N) is 1. The van der Waals surface area contributed by atoms with Crippen molar-refractivity contribution in [1.82, 2.24) is 5.32 Å². The second kappa shape index (κ2) is 4.77. The van der Waals surface area contributed by atoms with Crippen molar-refractivity contribution < 1.29 is 0 Å². The summed E-state index contributed by atoms with van der Waals surface area (Å²) in [5, 5.41) is 4.43. The smallest absolute Gasteiger partial charge is 0.0409 e. The zero-order valence-corrected chi connectivity index (χ0v) is 10.8. The zero-order chi connectivity index (χ0) is 11.6. The van der Waals surface area contributed by atoms with Gasteiger partial charge < -0.3 is 5.32 Å². The first-order valence-electron chi connectivity index (χ1n) is 6.08. The minimum Gasteiger partial charge on any atom is -0.310 e. The molecule has 1 aromatic carbocycles. The first-order valence-corrected chi connectivity index (χ1v) is 6.46. The Morgan fingerprint density at radius 3 is 2.75 bits per heavy atom. The van der Waals surface area contributed by atoms with Gasteiger partial charge in [0, 0.05) is 17.6 Å². The van der Waals surface area contributed by atoms with Crippen LogP contribution < -0.4 is 5.32 Å². The molecule has 0 saturated heterocycles. The van der Waals surface area contributed by atoms with Crippen LogP contribution in [0.2, 0.25) is 5.02 Å². The van der Waals surface area contributed by atoms with Crippen molar-refractivity contribution in [3.05, 3.63) is 34.9 Å².